The first-order valence-corrected chi connectivity index (χ1v) is 4.20. The largest absolute Gasteiger partial charge is 0.478 e. The molecule has 1 aromatic rings. The van der Waals surface area contributed by atoms with Crippen LogP contribution >= 0.6 is 0 Å². The SMILES string of the molecule is C=C(C(=O)O)C(CO)Cc1ccco1. The van der Waals surface area contributed by atoms with E-state index in [4.69, 9.17) is 14.6 Å². The Labute approximate surface area is 81.5 Å². The van der Waals surface area contributed by atoms with Crippen molar-refractivity contribution < 1.29 is 19.4 Å². The fraction of sp³-hybridized carbons (Fsp3) is 0.300. The zero-order valence-electron chi connectivity index (χ0n) is 7.64. The van der Waals surface area contributed by atoms with Crippen LogP contribution in [0.15, 0.2) is 35.0 Å². The summed E-state index contributed by atoms with van der Waals surface area (Å²) in [4.78, 5) is 10.6. The molecule has 0 amide bonds. The standard InChI is InChI=1S/C10H12O4/c1-7(10(12)13)8(6-11)5-9-3-2-4-14-9/h2-4,8,11H,1,5-6H2,(H,12,13). The van der Waals surface area contributed by atoms with Gasteiger partial charge in [0.25, 0.3) is 0 Å². The van der Waals surface area contributed by atoms with Crippen molar-refractivity contribution in [3.8, 4) is 0 Å². The number of furan rings is 1. The molecule has 0 bridgehead atoms. The molecule has 0 aliphatic rings. The van der Waals surface area contributed by atoms with E-state index in [1.54, 1.807) is 12.1 Å². The predicted octanol–water partition coefficient (Wildman–Crippen LogP) is 1.07. The Balaban J connectivity index is 2.64. The van der Waals surface area contributed by atoms with E-state index in [9.17, 15) is 4.79 Å². The fourth-order valence-corrected chi connectivity index (χ4v) is 1.14. The van der Waals surface area contributed by atoms with E-state index < -0.39 is 11.9 Å². The summed E-state index contributed by atoms with van der Waals surface area (Å²) in [6.45, 7) is 3.16. The van der Waals surface area contributed by atoms with E-state index in [1.807, 2.05) is 0 Å². The van der Waals surface area contributed by atoms with Gasteiger partial charge in [0.2, 0.25) is 0 Å². The summed E-state index contributed by atoms with van der Waals surface area (Å²) in [7, 11) is 0. The molecule has 0 saturated heterocycles. The number of carboxylic acid groups (broad SMARTS) is 1. The first-order valence-electron chi connectivity index (χ1n) is 4.20. The van der Waals surface area contributed by atoms with Gasteiger partial charge in [-0.2, -0.15) is 0 Å². The van der Waals surface area contributed by atoms with Crippen LogP contribution in [-0.2, 0) is 11.2 Å². The number of aliphatic carboxylic acids is 1. The Kier molecular flexibility index (Phi) is 3.48. The van der Waals surface area contributed by atoms with Crippen molar-refractivity contribution in [3.63, 3.8) is 0 Å². The molecule has 1 unspecified atom stereocenters. The quantitative estimate of drug-likeness (QED) is 0.691. The lowest BCUT2D eigenvalue weighted by molar-refractivity contribution is -0.133. The molecule has 4 heteroatoms. The van der Waals surface area contributed by atoms with Crippen LogP contribution in [0.25, 0.3) is 0 Å². The van der Waals surface area contributed by atoms with E-state index in [-0.39, 0.29) is 12.2 Å². The van der Waals surface area contributed by atoms with E-state index in [0.717, 1.165) is 0 Å². The zero-order chi connectivity index (χ0) is 10.6. The van der Waals surface area contributed by atoms with E-state index in [2.05, 4.69) is 6.58 Å². The average molecular weight is 196 g/mol. The third kappa shape index (κ3) is 2.47. The van der Waals surface area contributed by atoms with Crippen LogP contribution in [0.3, 0.4) is 0 Å². The molecule has 1 rings (SSSR count). The summed E-state index contributed by atoms with van der Waals surface area (Å²) in [5.74, 6) is -0.930. The third-order valence-electron chi connectivity index (χ3n) is 2.02. The fourth-order valence-electron chi connectivity index (χ4n) is 1.14. The molecule has 0 fully saturated rings. The summed E-state index contributed by atoms with van der Waals surface area (Å²) >= 11 is 0. The molecule has 1 heterocycles. The second-order valence-electron chi connectivity index (χ2n) is 2.99. The van der Waals surface area contributed by atoms with E-state index in [0.29, 0.717) is 12.2 Å². The highest BCUT2D eigenvalue weighted by atomic mass is 16.4. The molecule has 76 valence electrons. The topological polar surface area (TPSA) is 70.7 Å². The van der Waals surface area contributed by atoms with Crippen molar-refractivity contribution in [3.05, 3.63) is 36.3 Å². The Morgan fingerprint density at radius 3 is 2.79 bits per heavy atom. The Hall–Kier alpha value is -1.55. The molecule has 0 spiro atoms. The Bertz CT molecular complexity index is 313. The van der Waals surface area contributed by atoms with Gasteiger partial charge < -0.3 is 14.6 Å². The van der Waals surface area contributed by atoms with Crippen molar-refractivity contribution in [1.82, 2.24) is 0 Å². The van der Waals surface area contributed by atoms with E-state index in [1.165, 1.54) is 6.26 Å². The third-order valence-corrected chi connectivity index (χ3v) is 2.02. The molecule has 0 aromatic carbocycles. The summed E-state index contributed by atoms with van der Waals surface area (Å²) in [6, 6.07) is 3.45. The van der Waals surface area contributed by atoms with Gasteiger partial charge in [-0.05, 0) is 12.1 Å². The van der Waals surface area contributed by atoms with Crippen molar-refractivity contribution in [2.45, 2.75) is 6.42 Å². The van der Waals surface area contributed by atoms with Gasteiger partial charge in [0, 0.05) is 17.9 Å². The molecule has 0 aliphatic heterocycles. The number of rotatable bonds is 5. The van der Waals surface area contributed by atoms with Crippen LogP contribution < -0.4 is 0 Å². The lowest BCUT2D eigenvalue weighted by Crippen LogP contribution is -2.17. The Morgan fingerprint density at radius 1 is 1.64 bits per heavy atom. The van der Waals surface area contributed by atoms with Crippen molar-refractivity contribution in [1.29, 1.82) is 0 Å². The van der Waals surface area contributed by atoms with Gasteiger partial charge in [-0.25, -0.2) is 4.79 Å². The van der Waals surface area contributed by atoms with Gasteiger partial charge in [0.15, 0.2) is 0 Å². The van der Waals surface area contributed by atoms with Gasteiger partial charge >= 0.3 is 5.97 Å². The highest BCUT2D eigenvalue weighted by molar-refractivity contribution is 5.86. The smallest absolute Gasteiger partial charge is 0.331 e. The predicted molar refractivity (Wildman–Crippen MR) is 49.8 cm³/mol. The molecule has 4 nitrogen and oxygen atoms in total. The number of hydrogen-bond donors (Lipinski definition) is 2. The minimum Gasteiger partial charge on any atom is -0.478 e. The second kappa shape index (κ2) is 4.62. The summed E-state index contributed by atoms with van der Waals surface area (Å²) < 4.78 is 5.05. The molecule has 1 aromatic heterocycles. The molecule has 14 heavy (non-hydrogen) atoms. The monoisotopic (exact) mass is 196 g/mol. The van der Waals surface area contributed by atoms with Gasteiger partial charge in [-0.3, -0.25) is 0 Å². The number of hydrogen-bond acceptors (Lipinski definition) is 3. The maximum Gasteiger partial charge on any atom is 0.331 e. The van der Waals surface area contributed by atoms with Crippen LogP contribution in [0.5, 0.6) is 0 Å². The van der Waals surface area contributed by atoms with Crippen LogP contribution in [0.2, 0.25) is 0 Å². The van der Waals surface area contributed by atoms with Crippen LogP contribution in [0, 0.1) is 5.92 Å². The van der Waals surface area contributed by atoms with Crippen molar-refractivity contribution >= 4 is 5.97 Å². The van der Waals surface area contributed by atoms with Gasteiger partial charge in [-0.1, -0.05) is 6.58 Å². The Morgan fingerprint density at radius 2 is 2.36 bits per heavy atom. The normalized spacial score (nSPS) is 12.4. The summed E-state index contributed by atoms with van der Waals surface area (Å²) in [5.41, 5.74) is 0.00361. The van der Waals surface area contributed by atoms with Crippen LogP contribution in [0.4, 0.5) is 0 Å². The highest BCUT2D eigenvalue weighted by Crippen LogP contribution is 2.16. The minimum atomic E-state index is -1.09. The minimum absolute atomic E-state index is 0.00361. The van der Waals surface area contributed by atoms with Crippen molar-refractivity contribution in [2.24, 2.45) is 5.92 Å². The number of carbonyl (C=O) groups is 1. The first kappa shape index (κ1) is 10.5. The van der Waals surface area contributed by atoms with Gasteiger partial charge in [0.05, 0.1) is 12.9 Å². The highest BCUT2D eigenvalue weighted by Gasteiger charge is 2.18. The van der Waals surface area contributed by atoms with Gasteiger partial charge in [-0.15, -0.1) is 0 Å². The summed E-state index contributed by atoms with van der Waals surface area (Å²) in [6.07, 6.45) is 1.86. The molecule has 1 atom stereocenters. The van der Waals surface area contributed by atoms with E-state index >= 15 is 0 Å². The molecule has 0 radical (unpaired) electrons. The first-order chi connectivity index (χ1) is 6.65. The number of carboxylic acids is 1. The second-order valence-corrected chi connectivity index (χ2v) is 2.99. The van der Waals surface area contributed by atoms with Gasteiger partial charge in [0.1, 0.15) is 5.76 Å². The molecular formula is C10H12O4. The summed E-state index contributed by atoms with van der Waals surface area (Å²) in [5, 5.41) is 17.6. The van der Waals surface area contributed by atoms with Crippen LogP contribution in [0.1, 0.15) is 5.76 Å². The number of aliphatic hydroxyl groups is 1. The molecule has 0 aliphatic carbocycles. The molecule has 0 saturated carbocycles. The van der Waals surface area contributed by atoms with Crippen LogP contribution in [-0.4, -0.2) is 22.8 Å². The van der Waals surface area contributed by atoms with Crippen molar-refractivity contribution in [2.75, 3.05) is 6.61 Å². The maximum atomic E-state index is 10.6. The lowest BCUT2D eigenvalue weighted by atomic mass is 9.96. The maximum absolute atomic E-state index is 10.6. The zero-order valence-corrected chi connectivity index (χ0v) is 7.64. The average Bonchev–Trinajstić information content (AvgIpc) is 2.65. The molecular weight excluding hydrogens is 184 g/mol. The number of aliphatic hydroxyl groups excluding tert-OH is 1. The molecule has 2 N–H and O–H groups in total. The lowest BCUT2D eigenvalue weighted by Gasteiger charge is -2.11.